The lowest BCUT2D eigenvalue weighted by Crippen LogP contribution is -2.48. The van der Waals surface area contributed by atoms with Crippen LogP contribution in [0.1, 0.15) is 29.2 Å². The van der Waals surface area contributed by atoms with Crippen molar-refractivity contribution in [2.45, 2.75) is 32.4 Å². The molecule has 1 N–H and O–H groups in total. The van der Waals surface area contributed by atoms with E-state index >= 15 is 0 Å². The van der Waals surface area contributed by atoms with Crippen molar-refractivity contribution in [2.75, 3.05) is 38.7 Å². The van der Waals surface area contributed by atoms with Crippen LogP contribution in [0.3, 0.4) is 0 Å². The molecule has 4 heterocycles. The van der Waals surface area contributed by atoms with Crippen molar-refractivity contribution < 1.29 is 9.53 Å². The Balaban J connectivity index is 1.46. The van der Waals surface area contributed by atoms with Crippen LogP contribution in [0, 0.1) is 0 Å². The topological polar surface area (TPSA) is 75.5 Å². The second-order valence-electron chi connectivity index (χ2n) is 9.27. The standard InChI is InChI=1S/C23H28N6O2S/c1-23(2)12-17-20(21(30)26-23)32-22(25-17)29-9-10-31-19-6-5-15(11-18(19)29)16-13-24-28(14-16)8-7-27(3)4/h5-6,11,13-14H,7-10,12H2,1-4H3,(H,26,30). The van der Waals surface area contributed by atoms with Gasteiger partial charge in [0.2, 0.25) is 0 Å². The molecular weight excluding hydrogens is 424 g/mol. The number of fused-ring (bicyclic) bond motifs is 2. The lowest BCUT2D eigenvalue weighted by atomic mass is 9.94. The highest BCUT2D eigenvalue weighted by Crippen LogP contribution is 2.42. The molecule has 0 bridgehead atoms. The van der Waals surface area contributed by atoms with Gasteiger partial charge in [0.25, 0.3) is 5.91 Å². The number of rotatable bonds is 5. The fourth-order valence-electron chi connectivity index (χ4n) is 4.11. The summed E-state index contributed by atoms with van der Waals surface area (Å²) in [5, 5.41) is 8.42. The van der Waals surface area contributed by atoms with E-state index in [0.717, 1.165) is 52.9 Å². The van der Waals surface area contributed by atoms with E-state index < -0.39 is 0 Å². The fraction of sp³-hybridized carbons (Fsp3) is 0.435. The molecule has 0 fully saturated rings. The lowest BCUT2D eigenvalue weighted by Gasteiger charge is -2.29. The molecule has 3 aromatic rings. The molecule has 5 rings (SSSR count). The normalized spacial score (nSPS) is 17.0. The van der Waals surface area contributed by atoms with E-state index in [0.29, 0.717) is 18.0 Å². The van der Waals surface area contributed by atoms with Crippen molar-refractivity contribution in [3.63, 3.8) is 0 Å². The Morgan fingerprint density at radius 3 is 2.94 bits per heavy atom. The number of thiazole rings is 1. The van der Waals surface area contributed by atoms with Gasteiger partial charge in [-0.3, -0.25) is 9.48 Å². The number of nitrogens with one attached hydrogen (secondary N) is 1. The van der Waals surface area contributed by atoms with E-state index in [1.165, 1.54) is 11.3 Å². The maximum Gasteiger partial charge on any atom is 0.263 e. The number of nitrogens with zero attached hydrogens (tertiary/aromatic N) is 5. The smallest absolute Gasteiger partial charge is 0.263 e. The number of hydrogen-bond acceptors (Lipinski definition) is 7. The van der Waals surface area contributed by atoms with Gasteiger partial charge in [0, 0.05) is 30.3 Å². The second-order valence-corrected chi connectivity index (χ2v) is 10.2. The molecule has 0 radical (unpaired) electrons. The number of benzene rings is 1. The van der Waals surface area contributed by atoms with Crippen molar-refractivity contribution in [2.24, 2.45) is 0 Å². The first-order valence-electron chi connectivity index (χ1n) is 10.8. The molecule has 2 aliphatic heterocycles. The summed E-state index contributed by atoms with van der Waals surface area (Å²) < 4.78 is 7.89. The van der Waals surface area contributed by atoms with Crippen LogP contribution in [0.2, 0.25) is 0 Å². The van der Waals surface area contributed by atoms with Gasteiger partial charge in [-0.05, 0) is 45.6 Å². The molecule has 2 aromatic heterocycles. The average Bonchev–Trinajstić information content (AvgIpc) is 3.38. The van der Waals surface area contributed by atoms with Crippen molar-refractivity contribution in [1.29, 1.82) is 0 Å². The SMILES string of the molecule is CN(C)CCn1cc(-c2ccc3c(c2)N(c2nc4c(s2)C(=O)NC(C)(C)C4)CCO3)cn1. The zero-order valence-corrected chi connectivity index (χ0v) is 19.7. The molecule has 0 spiro atoms. The number of likely N-dealkylation sites (N-methyl/N-ethyl adjacent to an activating group) is 1. The zero-order valence-electron chi connectivity index (χ0n) is 18.9. The molecule has 0 aliphatic carbocycles. The van der Waals surface area contributed by atoms with Crippen molar-refractivity contribution in [3.8, 4) is 16.9 Å². The summed E-state index contributed by atoms with van der Waals surface area (Å²) in [7, 11) is 4.12. The molecule has 0 saturated carbocycles. The van der Waals surface area contributed by atoms with Crippen LogP contribution in [0.4, 0.5) is 10.8 Å². The Labute approximate surface area is 191 Å². The minimum Gasteiger partial charge on any atom is -0.490 e. The minimum absolute atomic E-state index is 0.0348. The van der Waals surface area contributed by atoms with Crippen LogP contribution in [0.15, 0.2) is 30.6 Å². The predicted octanol–water partition coefficient (Wildman–Crippen LogP) is 3.16. The van der Waals surface area contributed by atoms with E-state index in [9.17, 15) is 4.79 Å². The summed E-state index contributed by atoms with van der Waals surface area (Å²) in [6.07, 6.45) is 4.71. The van der Waals surface area contributed by atoms with E-state index in [1.807, 2.05) is 30.8 Å². The van der Waals surface area contributed by atoms with E-state index in [4.69, 9.17) is 9.72 Å². The highest BCUT2D eigenvalue weighted by Gasteiger charge is 2.34. The average molecular weight is 453 g/mol. The molecule has 0 saturated heterocycles. The third-order valence-electron chi connectivity index (χ3n) is 5.75. The van der Waals surface area contributed by atoms with Crippen LogP contribution in [-0.4, -0.2) is 64.9 Å². The molecule has 168 valence electrons. The van der Waals surface area contributed by atoms with E-state index in [-0.39, 0.29) is 11.4 Å². The third-order valence-corrected chi connectivity index (χ3v) is 6.87. The predicted molar refractivity (Wildman–Crippen MR) is 126 cm³/mol. The zero-order chi connectivity index (χ0) is 22.5. The van der Waals surface area contributed by atoms with Crippen molar-refractivity contribution >= 4 is 28.1 Å². The molecule has 9 heteroatoms. The first-order chi connectivity index (χ1) is 15.3. The lowest BCUT2D eigenvalue weighted by molar-refractivity contribution is 0.0901. The number of carbonyl (C=O) groups is 1. The van der Waals surface area contributed by atoms with Crippen molar-refractivity contribution in [3.05, 3.63) is 41.2 Å². The molecule has 2 aliphatic rings. The van der Waals surface area contributed by atoms with Gasteiger partial charge < -0.3 is 19.9 Å². The number of anilines is 2. The Kier molecular flexibility index (Phi) is 5.17. The first kappa shape index (κ1) is 21.0. The van der Waals surface area contributed by atoms with Gasteiger partial charge in [-0.1, -0.05) is 17.4 Å². The van der Waals surface area contributed by atoms with Gasteiger partial charge in [-0.2, -0.15) is 5.10 Å². The highest BCUT2D eigenvalue weighted by atomic mass is 32.1. The second kappa shape index (κ2) is 7.90. The van der Waals surface area contributed by atoms with Gasteiger partial charge in [0.1, 0.15) is 17.2 Å². The van der Waals surface area contributed by atoms with Gasteiger partial charge in [0.15, 0.2) is 5.13 Å². The molecule has 8 nitrogen and oxygen atoms in total. The quantitative estimate of drug-likeness (QED) is 0.641. The summed E-state index contributed by atoms with van der Waals surface area (Å²) in [6, 6.07) is 6.21. The maximum absolute atomic E-state index is 12.6. The van der Waals surface area contributed by atoms with Gasteiger partial charge in [0.05, 0.1) is 30.7 Å². The van der Waals surface area contributed by atoms with E-state index in [2.05, 4.69) is 52.6 Å². The monoisotopic (exact) mass is 452 g/mol. The Bertz CT molecular complexity index is 1170. The Morgan fingerprint density at radius 1 is 1.28 bits per heavy atom. The number of ether oxygens (including phenoxy) is 1. The number of hydrogen-bond donors (Lipinski definition) is 1. The Morgan fingerprint density at radius 2 is 2.12 bits per heavy atom. The summed E-state index contributed by atoms with van der Waals surface area (Å²) in [6.45, 7) is 7.11. The third kappa shape index (κ3) is 3.98. The maximum atomic E-state index is 12.6. The van der Waals surface area contributed by atoms with Crippen LogP contribution in [0.5, 0.6) is 5.75 Å². The van der Waals surface area contributed by atoms with Gasteiger partial charge in [-0.15, -0.1) is 0 Å². The first-order valence-corrected chi connectivity index (χ1v) is 11.6. The Hall–Kier alpha value is -2.91. The molecule has 32 heavy (non-hydrogen) atoms. The summed E-state index contributed by atoms with van der Waals surface area (Å²) in [5.74, 6) is 0.797. The largest absolute Gasteiger partial charge is 0.490 e. The summed E-state index contributed by atoms with van der Waals surface area (Å²) >= 11 is 1.46. The molecular formula is C23H28N6O2S. The molecule has 1 aromatic carbocycles. The fourth-order valence-corrected chi connectivity index (χ4v) is 5.13. The van der Waals surface area contributed by atoms with Crippen LogP contribution in [-0.2, 0) is 13.0 Å². The number of amides is 1. The van der Waals surface area contributed by atoms with Crippen LogP contribution in [0.25, 0.3) is 11.1 Å². The molecule has 0 unspecified atom stereocenters. The van der Waals surface area contributed by atoms with Crippen LogP contribution < -0.4 is 15.0 Å². The van der Waals surface area contributed by atoms with Gasteiger partial charge in [-0.25, -0.2) is 4.98 Å². The number of carbonyl (C=O) groups excluding carboxylic acids is 1. The summed E-state index contributed by atoms with van der Waals surface area (Å²) in [4.78, 5) is 22.5. The summed E-state index contributed by atoms with van der Waals surface area (Å²) in [5.41, 5.74) is 3.72. The van der Waals surface area contributed by atoms with E-state index in [1.54, 1.807) is 0 Å². The van der Waals surface area contributed by atoms with Gasteiger partial charge >= 0.3 is 0 Å². The molecule has 0 atom stereocenters. The van der Waals surface area contributed by atoms with Crippen LogP contribution >= 0.6 is 11.3 Å². The van der Waals surface area contributed by atoms with Crippen molar-refractivity contribution in [1.82, 2.24) is 25.0 Å². The number of aromatic nitrogens is 3. The highest BCUT2D eigenvalue weighted by molar-refractivity contribution is 7.17. The minimum atomic E-state index is -0.280. The molecule has 1 amide bonds.